The summed E-state index contributed by atoms with van der Waals surface area (Å²) in [6.45, 7) is 0.0739. The van der Waals surface area contributed by atoms with E-state index < -0.39 is 11.6 Å². The molecule has 7 nitrogen and oxygen atoms in total. The van der Waals surface area contributed by atoms with Crippen LogP contribution in [0.15, 0.2) is 63.8 Å². The van der Waals surface area contributed by atoms with Gasteiger partial charge in [0.1, 0.15) is 11.1 Å². The molecule has 0 unspecified atom stereocenters. The Morgan fingerprint density at radius 1 is 0.929 bits per heavy atom. The van der Waals surface area contributed by atoms with Gasteiger partial charge in [-0.25, -0.2) is 9.59 Å². The first kappa shape index (κ1) is 17.7. The van der Waals surface area contributed by atoms with Crippen LogP contribution in [0.1, 0.15) is 37.5 Å². The molecule has 0 bridgehead atoms. The molecule has 0 saturated carbocycles. The Hall–Kier alpha value is -3.74. The molecular formula is C21H15NO6. The normalized spacial score (nSPS) is 13.1. The summed E-state index contributed by atoms with van der Waals surface area (Å²) < 4.78 is 10.2. The van der Waals surface area contributed by atoms with Crippen LogP contribution in [-0.4, -0.2) is 35.8 Å². The number of para-hydroxylation sites is 1. The number of hydrogen-bond acceptors (Lipinski definition) is 6. The molecule has 140 valence electrons. The van der Waals surface area contributed by atoms with E-state index in [-0.39, 0.29) is 37.0 Å². The van der Waals surface area contributed by atoms with Crippen LogP contribution in [0.5, 0.6) is 0 Å². The molecule has 4 rings (SSSR count). The summed E-state index contributed by atoms with van der Waals surface area (Å²) >= 11 is 0. The predicted octanol–water partition coefficient (Wildman–Crippen LogP) is 2.64. The average Bonchev–Trinajstić information content (AvgIpc) is 2.95. The lowest BCUT2D eigenvalue weighted by Crippen LogP contribution is -2.31. The molecular weight excluding hydrogens is 362 g/mol. The van der Waals surface area contributed by atoms with Gasteiger partial charge >= 0.3 is 11.6 Å². The number of carbonyl (C=O) groups excluding carboxylic acids is 3. The first-order chi connectivity index (χ1) is 13.6. The van der Waals surface area contributed by atoms with Crippen LogP contribution in [0.25, 0.3) is 11.0 Å². The SMILES string of the molecule is O=C(OCCCN1C(=O)c2ccccc2C1=O)c1cc2ccccc2oc1=O. The Morgan fingerprint density at radius 3 is 2.29 bits per heavy atom. The molecule has 2 heterocycles. The van der Waals surface area contributed by atoms with Gasteiger partial charge in [-0.2, -0.15) is 0 Å². The summed E-state index contributed by atoms with van der Waals surface area (Å²) in [7, 11) is 0. The molecule has 1 aliphatic rings. The summed E-state index contributed by atoms with van der Waals surface area (Å²) in [5.41, 5.74) is 0.162. The molecule has 1 aromatic heterocycles. The Kier molecular flexibility index (Phi) is 4.49. The fourth-order valence-corrected chi connectivity index (χ4v) is 3.11. The Bertz CT molecular complexity index is 1130. The number of imide groups is 1. The van der Waals surface area contributed by atoms with E-state index in [1.807, 2.05) is 0 Å². The fourth-order valence-electron chi connectivity index (χ4n) is 3.11. The topological polar surface area (TPSA) is 93.9 Å². The number of carbonyl (C=O) groups is 3. The summed E-state index contributed by atoms with van der Waals surface area (Å²) in [6, 6.07) is 14.9. The van der Waals surface area contributed by atoms with E-state index in [9.17, 15) is 19.2 Å². The van der Waals surface area contributed by atoms with Gasteiger partial charge in [0.05, 0.1) is 17.7 Å². The van der Waals surface area contributed by atoms with Crippen LogP contribution in [-0.2, 0) is 4.74 Å². The van der Waals surface area contributed by atoms with Crippen LogP contribution in [0.3, 0.4) is 0 Å². The minimum absolute atomic E-state index is 0.0431. The van der Waals surface area contributed by atoms with Gasteiger partial charge in [0.2, 0.25) is 0 Å². The van der Waals surface area contributed by atoms with Crippen molar-refractivity contribution >= 4 is 28.8 Å². The smallest absolute Gasteiger partial charge is 0.351 e. The third-order valence-corrected chi connectivity index (χ3v) is 4.50. The highest BCUT2D eigenvalue weighted by Gasteiger charge is 2.34. The van der Waals surface area contributed by atoms with Crippen molar-refractivity contribution in [1.82, 2.24) is 4.90 Å². The average molecular weight is 377 g/mol. The maximum atomic E-state index is 12.3. The highest BCUT2D eigenvalue weighted by molar-refractivity contribution is 6.21. The number of ether oxygens (including phenoxy) is 1. The monoisotopic (exact) mass is 377 g/mol. The molecule has 0 N–H and O–H groups in total. The van der Waals surface area contributed by atoms with Crippen molar-refractivity contribution in [2.24, 2.45) is 0 Å². The lowest BCUT2D eigenvalue weighted by molar-refractivity contribution is 0.0478. The molecule has 0 fully saturated rings. The zero-order valence-electron chi connectivity index (χ0n) is 14.7. The largest absolute Gasteiger partial charge is 0.462 e. The second-order valence-corrected chi connectivity index (χ2v) is 6.28. The number of benzene rings is 2. The third kappa shape index (κ3) is 3.07. The van der Waals surface area contributed by atoms with E-state index in [0.29, 0.717) is 22.1 Å². The van der Waals surface area contributed by atoms with E-state index in [0.717, 1.165) is 4.90 Å². The van der Waals surface area contributed by atoms with Gasteiger partial charge in [0.25, 0.3) is 11.8 Å². The van der Waals surface area contributed by atoms with E-state index in [1.165, 1.54) is 6.07 Å². The molecule has 0 spiro atoms. The summed E-state index contributed by atoms with van der Waals surface area (Å²) in [5.74, 6) is -1.52. The second-order valence-electron chi connectivity index (χ2n) is 6.28. The van der Waals surface area contributed by atoms with Gasteiger partial charge in [-0.3, -0.25) is 14.5 Å². The van der Waals surface area contributed by atoms with Gasteiger partial charge in [0, 0.05) is 11.9 Å². The van der Waals surface area contributed by atoms with Crippen molar-refractivity contribution in [3.63, 3.8) is 0 Å². The first-order valence-electron chi connectivity index (χ1n) is 8.71. The molecule has 1 aliphatic heterocycles. The van der Waals surface area contributed by atoms with Crippen molar-refractivity contribution in [3.05, 3.63) is 81.7 Å². The lowest BCUT2D eigenvalue weighted by Gasteiger charge is -2.13. The molecule has 2 aromatic carbocycles. The van der Waals surface area contributed by atoms with E-state index in [2.05, 4.69) is 0 Å². The van der Waals surface area contributed by atoms with Gasteiger partial charge in [0.15, 0.2) is 0 Å². The number of esters is 1. The first-order valence-corrected chi connectivity index (χ1v) is 8.71. The fraction of sp³-hybridized carbons (Fsp3) is 0.143. The van der Waals surface area contributed by atoms with Crippen molar-refractivity contribution in [2.45, 2.75) is 6.42 Å². The van der Waals surface area contributed by atoms with E-state index in [1.54, 1.807) is 48.5 Å². The van der Waals surface area contributed by atoms with Crippen LogP contribution >= 0.6 is 0 Å². The summed E-state index contributed by atoms with van der Waals surface area (Å²) in [5, 5.41) is 0.611. The second kappa shape index (κ2) is 7.11. The Morgan fingerprint density at radius 2 is 1.57 bits per heavy atom. The zero-order valence-corrected chi connectivity index (χ0v) is 14.7. The van der Waals surface area contributed by atoms with Crippen molar-refractivity contribution in [2.75, 3.05) is 13.2 Å². The molecule has 0 saturated heterocycles. The van der Waals surface area contributed by atoms with Gasteiger partial charge in [-0.15, -0.1) is 0 Å². The van der Waals surface area contributed by atoms with Gasteiger partial charge in [-0.1, -0.05) is 30.3 Å². The van der Waals surface area contributed by atoms with Crippen LogP contribution in [0.4, 0.5) is 0 Å². The minimum atomic E-state index is -0.804. The van der Waals surface area contributed by atoms with Crippen molar-refractivity contribution in [3.8, 4) is 0 Å². The quantitative estimate of drug-likeness (QED) is 0.294. The molecule has 2 amide bonds. The number of amides is 2. The summed E-state index contributed by atoms with van der Waals surface area (Å²) in [4.78, 5) is 49.8. The maximum absolute atomic E-state index is 12.3. The third-order valence-electron chi connectivity index (χ3n) is 4.50. The predicted molar refractivity (Wildman–Crippen MR) is 99.2 cm³/mol. The standard InChI is InChI=1S/C21H15NO6/c23-18-14-7-2-3-8-15(14)19(24)22(18)10-5-11-27-20(25)16-12-13-6-1-4-9-17(13)28-21(16)26/h1-4,6-9,12H,5,10-11H2. The Labute approximate surface area is 159 Å². The summed E-state index contributed by atoms with van der Waals surface area (Å²) in [6.07, 6.45) is 0.260. The van der Waals surface area contributed by atoms with Crippen LogP contribution in [0, 0.1) is 0 Å². The molecule has 28 heavy (non-hydrogen) atoms. The zero-order chi connectivity index (χ0) is 19.7. The van der Waals surface area contributed by atoms with E-state index >= 15 is 0 Å². The maximum Gasteiger partial charge on any atom is 0.351 e. The van der Waals surface area contributed by atoms with E-state index in [4.69, 9.17) is 9.15 Å². The van der Waals surface area contributed by atoms with Gasteiger partial charge in [-0.05, 0) is 30.7 Å². The number of fused-ring (bicyclic) bond motifs is 2. The lowest BCUT2D eigenvalue weighted by atomic mass is 10.1. The van der Waals surface area contributed by atoms with Crippen molar-refractivity contribution in [1.29, 1.82) is 0 Å². The van der Waals surface area contributed by atoms with Crippen molar-refractivity contribution < 1.29 is 23.5 Å². The number of rotatable bonds is 5. The molecule has 0 atom stereocenters. The highest BCUT2D eigenvalue weighted by Crippen LogP contribution is 2.22. The number of nitrogens with zero attached hydrogens (tertiary/aromatic N) is 1. The minimum Gasteiger partial charge on any atom is -0.462 e. The molecule has 0 radical (unpaired) electrons. The van der Waals surface area contributed by atoms with Gasteiger partial charge < -0.3 is 9.15 Å². The highest BCUT2D eigenvalue weighted by atomic mass is 16.5. The van der Waals surface area contributed by atoms with Crippen LogP contribution in [0.2, 0.25) is 0 Å². The molecule has 7 heteroatoms. The van der Waals surface area contributed by atoms with Crippen LogP contribution < -0.4 is 5.63 Å². The Balaban J connectivity index is 1.37. The molecule has 0 aliphatic carbocycles. The molecule has 3 aromatic rings. The number of hydrogen-bond donors (Lipinski definition) is 0.